The van der Waals surface area contributed by atoms with E-state index in [1.165, 1.54) is 19.2 Å². The third-order valence-corrected chi connectivity index (χ3v) is 3.06. The Kier molecular flexibility index (Phi) is 6.14. The predicted molar refractivity (Wildman–Crippen MR) is 68.3 cm³/mol. The first-order valence-corrected chi connectivity index (χ1v) is 6.23. The number of benzene rings is 1. The lowest BCUT2D eigenvalue weighted by molar-refractivity contribution is 0.0415. The summed E-state index contributed by atoms with van der Waals surface area (Å²) in [5.41, 5.74) is -0.0171. The van der Waals surface area contributed by atoms with Crippen molar-refractivity contribution in [1.29, 1.82) is 0 Å². The van der Waals surface area contributed by atoms with Crippen molar-refractivity contribution < 1.29 is 18.6 Å². The molecule has 0 heterocycles. The second kappa shape index (κ2) is 7.13. The Morgan fingerprint density at radius 2 is 2.11 bits per heavy atom. The molecule has 0 fully saturated rings. The Balaban J connectivity index is 2.70. The highest BCUT2D eigenvalue weighted by Gasteiger charge is 2.15. The highest BCUT2D eigenvalue weighted by atomic mass is 79.9. The topological polar surface area (TPSA) is 32.7 Å². The van der Waals surface area contributed by atoms with Gasteiger partial charge in [0.15, 0.2) is 0 Å². The monoisotopic (exact) mass is 323 g/mol. The second-order valence-electron chi connectivity index (χ2n) is 4.13. The molecule has 1 N–H and O–H groups in total. The first kappa shape index (κ1) is 15.5. The number of rotatable bonds is 6. The van der Waals surface area contributed by atoms with Crippen molar-refractivity contribution in [2.45, 2.75) is 12.6 Å². The molecule has 0 aromatic heterocycles. The van der Waals surface area contributed by atoms with Crippen LogP contribution in [0.2, 0.25) is 0 Å². The highest BCUT2D eigenvalue weighted by molar-refractivity contribution is 9.10. The van der Waals surface area contributed by atoms with E-state index in [9.17, 15) is 13.9 Å². The van der Waals surface area contributed by atoms with Crippen LogP contribution >= 0.6 is 15.9 Å². The molecule has 0 aliphatic rings. The minimum atomic E-state index is -0.682. The van der Waals surface area contributed by atoms with Crippen LogP contribution in [0.5, 0.6) is 0 Å². The zero-order chi connectivity index (χ0) is 13.7. The Morgan fingerprint density at radius 1 is 1.44 bits per heavy atom. The number of halogens is 3. The molecule has 1 unspecified atom stereocenters. The van der Waals surface area contributed by atoms with Crippen molar-refractivity contribution in [2.24, 2.45) is 0 Å². The van der Waals surface area contributed by atoms with Crippen molar-refractivity contribution in [3.8, 4) is 0 Å². The van der Waals surface area contributed by atoms with Gasteiger partial charge < -0.3 is 9.84 Å². The fraction of sp³-hybridized carbons (Fsp3) is 0.500. The minimum Gasteiger partial charge on any atom is -0.389 e. The van der Waals surface area contributed by atoms with E-state index in [-0.39, 0.29) is 29.7 Å². The Hall–Kier alpha value is -0.560. The smallest absolute Gasteiger partial charge is 0.144 e. The van der Waals surface area contributed by atoms with Gasteiger partial charge in [-0.05, 0) is 35.1 Å². The van der Waals surface area contributed by atoms with Crippen LogP contribution in [0.25, 0.3) is 0 Å². The van der Waals surface area contributed by atoms with E-state index in [2.05, 4.69) is 15.9 Å². The SMILES string of the molecule is COCC(O)CN(C)Cc1c(F)ccc(Br)c1F. The van der Waals surface area contributed by atoms with Crippen molar-refractivity contribution in [1.82, 2.24) is 4.90 Å². The molecule has 18 heavy (non-hydrogen) atoms. The van der Waals surface area contributed by atoms with Crippen molar-refractivity contribution in [3.63, 3.8) is 0 Å². The van der Waals surface area contributed by atoms with Crippen molar-refractivity contribution >= 4 is 15.9 Å². The van der Waals surface area contributed by atoms with Gasteiger partial charge in [-0.15, -0.1) is 0 Å². The summed E-state index contributed by atoms with van der Waals surface area (Å²) in [4.78, 5) is 1.64. The Labute approximate surface area is 113 Å². The first-order chi connectivity index (χ1) is 8.45. The van der Waals surface area contributed by atoms with Crippen molar-refractivity contribution in [2.75, 3.05) is 27.3 Å². The van der Waals surface area contributed by atoms with Crippen LogP contribution in [0.15, 0.2) is 16.6 Å². The number of aliphatic hydroxyl groups excluding tert-OH is 1. The van der Waals surface area contributed by atoms with E-state index in [4.69, 9.17) is 4.74 Å². The van der Waals surface area contributed by atoms with Crippen LogP contribution < -0.4 is 0 Å². The molecule has 1 rings (SSSR count). The fourth-order valence-corrected chi connectivity index (χ4v) is 2.02. The molecule has 6 heteroatoms. The summed E-state index contributed by atoms with van der Waals surface area (Å²) in [6.07, 6.45) is -0.682. The van der Waals surface area contributed by atoms with E-state index in [0.29, 0.717) is 0 Å². The van der Waals surface area contributed by atoms with E-state index in [1.807, 2.05) is 0 Å². The van der Waals surface area contributed by atoms with Gasteiger partial charge in [0.2, 0.25) is 0 Å². The van der Waals surface area contributed by atoms with E-state index >= 15 is 0 Å². The number of hydrogen-bond donors (Lipinski definition) is 1. The quantitative estimate of drug-likeness (QED) is 0.814. The van der Waals surface area contributed by atoms with Gasteiger partial charge in [-0.25, -0.2) is 8.78 Å². The number of hydrogen-bond acceptors (Lipinski definition) is 3. The van der Waals surface area contributed by atoms with Gasteiger partial charge in [0.1, 0.15) is 11.6 Å². The lowest BCUT2D eigenvalue weighted by Gasteiger charge is -2.20. The molecule has 0 amide bonds. The van der Waals surface area contributed by atoms with Gasteiger partial charge in [-0.2, -0.15) is 0 Å². The molecule has 0 radical (unpaired) electrons. The number of nitrogens with zero attached hydrogens (tertiary/aromatic N) is 1. The van der Waals surface area contributed by atoms with Gasteiger partial charge in [-0.1, -0.05) is 0 Å². The first-order valence-electron chi connectivity index (χ1n) is 5.43. The largest absolute Gasteiger partial charge is 0.389 e. The average Bonchev–Trinajstić information content (AvgIpc) is 2.30. The van der Waals surface area contributed by atoms with Gasteiger partial charge in [0.25, 0.3) is 0 Å². The zero-order valence-corrected chi connectivity index (χ0v) is 11.9. The van der Waals surface area contributed by atoms with E-state index < -0.39 is 17.7 Å². The van der Waals surface area contributed by atoms with E-state index in [1.54, 1.807) is 11.9 Å². The van der Waals surface area contributed by atoms with Gasteiger partial charge in [0, 0.05) is 25.8 Å². The molecule has 0 aliphatic heterocycles. The number of ether oxygens (including phenoxy) is 1. The van der Waals surface area contributed by atoms with Gasteiger partial charge in [0.05, 0.1) is 17.2 Å². The molecule has 0 aliphatic carbocycles. The maximum absolute atomic E-state index is 13.7. The third-order valence-electron chi connectivity index (χ3n) is 2.45. The molecule has 0 bridgehead atoms. The van der Waals surface area contributed by atoms with Crippen molar-refractivity contribution in [3.05, 3.63) is 33.8 Å². The van der Waals surface area contributed by atoms with Crippen LogP contribution in [-0.4, -0.2) is 43.4 Å². The van der Waals surface area contributed by atoms with Crippen LogP contribution in [0.3, 0.4) is 0 Å². The standard InChI is InChI=1S/C12H16BrF2NO2/c1-16(5-8(17)7-18-2)6-9-11(14)4-3-10(13)12(9)15/h3-4,8,17H,5-7H2,1-2H3. The molecular formula is C12H16BrF2NO2. The van der Waals surface area contributed by atoms with Gasteiger partial charge in [-0.3, -0.25) is 4.90 Å². The average molecular weight is 324 g/mol. The van der Waals surface area contributed by atoms with Crippen LogP contribution in [0.4, 0.5) is 8.78 Å². The second-order valence-corrected chi connectivity index (χ2v) is 4.98. The molecule has 1 aromatic carbocycles. The molecule has 0 saturated heterocycles. The summed E-state index contributed by atoms with van der Waals surface area (Å²) < 4.78 is 32.2. The number of aliphatic hydroxyl groups is 1. The highest BCUT2D eigenvalue weighted by Crippen LogP contribution is 2.22. The fourth-order valence-electron chi connectivity index (χ4n) is 1.65. The van der Waals surface area contributed by atoms with E-state index in [0.717, 1.165) is 0 Å². The summed E-state index contributed by atoms with van der Waals surface area (Å²) in [6.45, 7) is 0.547. The third kappa shape index (κ3) is 4.28. The van der Waals surface area contributed by atoms with Crippen LogP contribution in [-0.2, 0) is 11.3 Å². The summed E-state index contributed by atoms with van der Waals surface area (Å²) in [7, 11) is 3.16. The Bertz CT molecular complexity index is 404. The Morgan fingerprint density at radius 3 is 2.72 bits per heavy atom. The summed E-state index contributed by atoms with van der Waals surface area (Å²) in [5, 5.41) is 9.53. The normalized spacial score (nSPS) is 13.1. The molecule has 0 saturated carbocycles. The maximum atomic E-state index is 13.7. The molecule has 1 aromatic rings. The number of methoxy groups -OCH3 is 1. The lowest BCUT2D eigenvalue weighted by Crippen LogP contribution is -2.32. The summed E-state index contributed by atoms with van der Waals surface area (Å²) in [5.74, 6) is -1.20. The van der Waals surface area contributed by atoms with Crippen LogP contribution in [0, 0.1) is 11.6 Å². The zero-order valence-electron chi connectivity index (χ0n) is 10.3. The molecule has 3 nitrogen and oxygen atoms in total. The lowest BCUT2D eigenvalue weighted by atomic mass is 10.2. The molecule has 1 atom stereocenters. The maximum Gasteiger partial charge on any atom is 0.144 e. The van der Waals surface area contributed by atoms with Gasteiger partial charge >= 0.3 is 0 Å². The summed E-state index contributed by atoms with van der Waals surface area (Å²) >= 11 is 3.02. The molecule has 102 valence electrons. The number of likely N-dealkylation sites (N-methyl/N-ethyl adjacent to an activating group) is 1. The molecule has 0 spiro atoms. The summed E-state index contributed by atoms with van der Waals surface area (Å²) in [6, 6.07) is 2.54. The minimum absolute atomic E-state index is 0.0171. The predicted octanol–water partition coefficient (Wildman–Crippen LogP) is 2.17. The molecular weight excluding hydrogens is 308 g/mol. The van der Waals surface area contributed by atoms with Crippen LogP contribution in [0.1, 0.15) is 5.56 Å².